The molecule has 348 valence electrons. The van der Waals surface area contributed by atoms with Crippen molar-refractivity contribution >= 4 is 64.3 Å². The van der Waals surface area contributed by atoms with Gasteiger partial charge in [-0.15, -0.1) is 0 Å². The number of aromatic nitrogens is 2. The monoisotopic (exact) mass is 918 g/mol. The number of H-pyrrole nitrogens is 2. The van der Waals surface area contributed by atoms with E-state index < -0.39 is 44.4 Å². The first kappa shape index (κ1) is 48.0. The summed E-state index contributed by atoms with van der Waals surface area (Å²) in [5, 5.41) is 15.7. The van der Waals surface area contributed by atoms with Crippen LogP contribution in [0.25, 0.3) is 21.8 Å². The number of rotatable bonds is 20. The van der Waals surface area contributed by atoms with Crippen molar-refractivity contribution in [2.24, 2.45) is 5.92 Å². The Kier molecular flexibility index (Phi) is 15.8. The molecule has 4 amide bonds. The molecule has 0 radical (unpaired) electrons. The van der Waals surface area contributed by atoms with Crippen LogP contribution in [0, 0.1) is 5.92 Å². The van der Waals surface area contributed by atoms with E-state index >= 15 is 0 Å². The molecule has 7 rings (SSSR count). The van der Waals surface area contributed by atoms with Crippen LogP contribution in [0.5, 0.6) is 0 Å². The van der Waals surface area contributed by atoms with Gasteiger partial charge in [0.15, 0.2) is 0 Å². The predicted octanol–water partition coefficient (Wildman–Crippen LogP) is 7.44. The summed E-state index contributed by atoms with van der Waals surface area (Å²) in [5.41, 5.74) is 4.23. The minimum atomic E-state index is -2.88. The maximum Gasteiger partial charge on any atom is 0.408 e. The Morgan fingerprint density at radius 2 is 1.04 bits per heavy atom. The van der Waals surface area contributed by atoms with E-state index in [1.54, 1.807) is 0 Å². The first-order valence-corrected chi connectivity index (χ1v) is 24.9. The fourth-order valence-electron chi connectivity index (χ4n) is 8.88. The Morgan fingerprint density at radius 3 is 1.57 bits per heavy atom. The molecular formula is C54H62N6O6Si. The lowest BCUT2D eigenvalue weighted by Gasteiger charge is -2.43. The second-order valence-corrected chi connectivity index (χ2v) is 22.7. The molecule has 3 atom stereocenters. The van der Waals surface area contributed by atoms with Crippen molar-refractivity contribution in [1.82, 2.24) is 31.2 Å². The van der Waals surface area contributed by atoms with Crippen molar-refractivity contribution in [3.63, 3.8) is 0 Å². The quantitative estimate of drug-likeness (QED) is 0.0344. The molecule has 0 aliphatic heterocycles. The molecule has 0 saturated carbocycles. The summed E-state index contributed by atoms with van der Waals surface area (Å²) in [5.74, 6) is -1.50. The highest BCUT2D eigenvalue weighted by Crippen LogP contribution is 2.36. The number of amides is 4. The number of para-hydroxylation sites is 2. The Labute approximate surface area is 393 Å². The molecule has 0 bridgehead atoms. The molecular weight excluding hydrogens is 857 g/mol. The lowest BCUT2D eigenvalue weighted by molar-refractivity contribution is -0.133. The zero-order chi connectivity index (χ0) is 47.4. The summed E-state index contributed by atoms with van der Waals surface area (Å²) in [7, 11) is -2.88. The van der Waals surface area contributed by atoms with Crippen LogP contribution >= 0.6 is 0 Å². The van der Waals surface area contributed by atoms with Crippen molar-refractivity contribution in [3.8, 4) is 0 Å². The van der Waals surface area contributed by atoms with Crippen LogP contribution in [0.2, 0.25) is 5.04 Å². The fourth-order valence-corrected chi connectivity index (χ4v) is 13.4. The second kappa shape index (κ2) is 22.0. The first-order chi connectivity index (χ1) is 32.3. The van der Waals surface area contributed by atoms with Crippen LogP contribution in [-0.2, 0) is 43.0 Å². The van der Waals surface area contributed by atoms with Crippen molar-refractivity contribution in [1.29, 1.82) is 0 Å². The summed E-state index contributed by atoms with van der Waals surface area (Å²) >= 11 is 0. The summed E-state index contributed by atoms with van der Waals surface area (Å²) < 4.78 is 12.6. The van der Waals surface area contributed by atoms with Crippen LogP contribution in [0.3, 0.4) is 0 Å². The van der Waals surface area contributed by atoms with Gasteiger partial charge in [0.05, 0.1) is 6.61 Å². The van der Waals surface area contributed by atoms with Gasteiger partial charge in [0.1, 0.15) is 24.7 Å². The van der Waals surface area contributed by atoms with Gasteiger partial charge in [-0.3, -0.25) is 14.4 Å². The molecule has 12 nitrogen and oxygen atoms in total. The number of hydrogen-bond acceptors (Lipinski definition) is 6. The molecule has 13 heteroatoms. The van der Waals surface area contributed by atoms with Crippen molar-refractivity contribution < 1.29 is 28.3 Å². The maximum atomic E-state index is 14.6. The van der Waals surface area contributed by atoms with E-state index in [0.717, 1.165) is 48.9 Å². The molecule has 7 aromatic rings. The van der Waals surface area contributed by atoms with Crippen molar-refractivity contribution in [2.45, 2.75) is 83.7 Å². The Balaban J connectivity index is 1.10. The minimum absolute atomic E-state index is 0.0118. The lowest BCUT2D eigenvalue weighted by Crippen LogP contribution is -2.67. The van der Waals surface area contributed by atoms with Gasteiger partial charge in [-0.2, -0.15) is 0 Å². The van der Waals surface area contributed by atoms with E-state index in [1.807, 2.05) is 142 Å². The first-order valence-electron chi connectivity index (χ1n) is 23.0. The number of fused-ring (bicyclic) bond motifs is 2. The number of aromatic amines is 2. The van der Waals surface area contributed by atoms with Crippen molar-refractivity contribution in [2.75, 3.05) is 13.2 Å². The number of benzene rings is 5. The van der Waals surface area contributed by atoms with Crippen LogP contribution in [-0.4, -0.2) is 73.4 Å². The molecule has 0 fully saturated rings. The van der Waals surface area contributed by atoms with Gasteiger partial charge in [-0.1, -0.05) is 162 Å². The predicted molar refractivity (Wildman–Crippen MR) is 267 cm³/mol. The van der Waals surface area contributed by atoms with E-state index in [4.69, 9.17) is 9.16 Å². The SMILES string of the molecule is CC(C)C[C@H](NC(=O)[C@H](Cc1c[nH]c2ccccc12)NC(=O)OCc1ccccc1)C(=O)N[C@@H](Cc1c[nH]c2ccccc12)C(=O)NCCO[Si](c1ccccc1)(c1ccccc1)C(C)(C)C. The minimum Gasteiger partial charge on any atom is -0.445 e. The van der Waals surface area contributed by atoms with Crippen LogP contribution in [0.15, 0.2) is 152 Å². The maximum absolute atomic E-state index is 14.6. The number of nitrogens with one attached hydrogen (secondary N) is 6. The van der Waals surface area contributed by atoms with Gasteiger partial charge < -0.3 is 40.4 Å². The van der Waals surface area contributed by atoms with E-state index in [-0.39, 0.29) is 55.9 Å². The summed E-state index contributed by atoms with van der Waals surface area (Å²) in [6.07, 6.45) is 3.46. The highest BCUT2D eigenvalue weighted by Gasteiger charge is 2.50. The van der Waals surface area contributed by atoms with Gasteiger partial charge in [-0.25, -0.2) is 4.79 Å². The van der Waals surface area contributed by atoms with Gasteiger partial charge in [0, 0.05) is 53.6 Å². The third kappa shape index (κ3) is 11.9. The number of carbonyl (C=O) groups is 4. The normalized spacial score (nSPS) is 13.2. The summed E-state index contributed by atoms with van der Waals surface area (Å²) in [6.45, 7) is 11.0. The molecule has 6 N–H and O–H groups in total. The zero-order valence-corrected chi connectivity index (χ0v) is 39.9. The fraction of sp³-hybridized carbons (Fsp3) is 0.296. The summed E-state index contributed by atoms with van der Waals surface area (Å²) in [4.78, 5) is 63.2. The van der Waals surface area contributed by atoms with Crippen molar-refractivity contribution in [3.05, 3.63) is 169 Å². The molecule has 0 aliphatic rings. The van der Waals surface area contributed by atoms with Crippen LogP contribution in [0.4, 0.5) is 4.79 Å². The third-order valence-corrected chi connectivity index (χ3v) is 17.2. The molecule has 2 aromatic heterocycles. The number of hydrogen-bond donors (Lipinski definition) is 6. The molecule has 0 spiro atoms. The van der Waals surface area contributed by atoms with Gasteiger partial charge in [0.2, 0.25) is 17.7 Å². The van der Waals surface area contributed by atoms with E-state index in [1.165, 1.54) is 0 Å². The second-order valence-electron chi connectivity index (χ2n) is 18.4. The third-order valence-electron chi connectivity index (χ3n) is 12.1. The highest BCUT2D eigenvalue weighted by molar-refractivity contribution is 6.99. The average Bonchev–Trinajstić information content (AvgIpc) is 3.94. The molecule has 2 heterocycles. The average molecular weight is 919 g/mol. The van der Waals surface area contributed by atoms with Crippen LogP contribution < -0.4 is 31.6 Å². The molecule has 0 unspecified atom stereocenters. The van der Waals surface area contributed by atoms with E-state index in [9.17, 15) is 19.2 Å². The number of carbonyl (C=O) groups excluding carboxylic acids is 4. The topological polar surface area (TPSA) is 166 Å². The van der Waals surface area contributed by atoms with Gasteiger partial charge >= 0.3 is 6.09 Å². The Morgan fingerprint density at radius 1 is 0.582 bits per heavy atom. The Hall–Kier alpha value is -6.96. The largest absolute Gasteiger partial charge is 0.445 e. The lowest BCUT2D eigenvalue weighted by atomic mass is 9.99. The van der Waals surface area contributed by atoms with Crippen LogP contribution in [0.1, 0.15) is 57.7 Å². The summed E-state index contributed by atoms with van der Waals surface area (Å²) in [6, 6.07) is 42.2. The number of alkyl carbamates (subject to hydrolysis) is 1. The van der Waals surface area contributed by atoms with Gasteiger partial charge in [0.25, 0.3) is 8.32 Å². The van der Waals surface area contributed by atoms with E-state index in [0.29, 0.717) is 0 Å². The Bertz CT molecular complexity index is 2690. The molecule has 5 aromatic carbocycles. The van der Waals surface area contributed by atoms with Gasteiger partial charge in [-0.05, 0) is 56.6 Å². The molecule has 0 aliphatic carbocycles. The molecule has 0 saturated heterocycles. The van der Waals surface area contributed by atoms with E-state index in [2.05, 4.69) is 76.3 Å². The number of ether oxygens (including phenoxy) is 1. The smallest absolute Gasteiger partial charge is 0.408 e. The zero-order valence-electron chi connectivity index (χ0n) is 38.9. The highest BCUT2D eigenvalue weighted by atomic mass is 28.4. The molecule has 67 heavy (non-hydrogen) atoms. The standard InChI is InChI=1S/C54H62N6O6Si/c1-37(2)31-47(58-52(63)49(33-40-35-57-46-28-18-16-26-44(40)46)60-53(64)65-36-38-19-9-6-10-20-38)51(62)59-48(32-39-34-56-45-27-17-15-25-43(39)45)50(61)55-29-30-66-67(54(3,4)5,41-21-11-7-12-22-41)42-23-13-8-14-24-42/h6-28,34-35,37,47-49,56-57H,29-33,36H2,1-5H3,(H,55,61)(H,58,63)(H,59,62)(H,60,64)/t47-,48-,49-/m0/s1.